The number of nitrogens with zero attached hydrogens (tertiary/aromatic N) is 1. The van der Waals surface area contributed by atoms with Crippen LogP contribution in [0.4, 0.5) is 5.69 Å². The number of anilines is 1. The number of halogens is 1. The number of fused-ring (bicyclic) bond motifs is 1. The highest BCUT2D eigenvalue weighted by molar-refractivity contribution is 6.31. The quantitative estimate of drug-likeness (QED) is 0.711. The molecule has 0 atom stereocenters. The van der Waals surface area contributed by atoms with E-state index in [9.17, 15) is 9.59 Å². The van der Waals surface area contributed by atoms with Crippen molar-refractivity contribution in [3.8, 4) is 0 Å². The predicted octanol–water partition coefficient (Wildman–Crippen LogP) is 2.98. The van der Waals surface area contributed by atoms with Crippen molar-refractivity contribution < 1.29 is 9.53 Å². The predicted molar refractivity (Wildman–Crippen MR) is 92.5 cm³/mol. The maximum atomic E-state index is 12.3. The van der Waals surface area contributed by atoms with E-state index >= 15 is 0 Å². The van der Waals surface area contributed by atoms with Gasteiger partial charge in [0.25, 0.3) is 5.56 Å². The van der Waals surface area contributed by atoms with Crippen molar-refractivity contribution in [1.29, 1.82) is 0 Å². The molecule has 0 aliphatic heterocycles. The highest BCUT2D eigenvalue weighted by atomic mass is 35.5. The summed E-state index contributed by atoms with van der Waals surface area (Å²) >= 11 is 6.07. The molecule has 122 valence electrons. The summed E-state index contributed by atoms with van der Waals surface area (Å²) in [5, 5.41) is 4.28. The lowest BCUT2D eigenvalue weighted by Crippen LogP contribution is -2.22. The summed E-state index contributed by atoms with van der Waals surface area (Å²) < 4.78 is 4.75. The number of aromatic nitrogens is 2. The van der Waals surface area contributed by atoms with Crippen molar-refractivity contribution in [3.63, 3.8) is 0 Å². The average molecular weight is 344 g/mol. The van der Waals surface area contributed by atoms with Gasteiger partial charge in [-0.3, -0.25) is 9.78 Å². The van der Waals surface area contributed by atoms with E-state index in [0.717, 1.165) is 5.56 Å². The lowest BCUT2D eigenvalue weighted by molar-refractivity contribution is 0.0600. The van der Waals surface area contributed by atoms with Crippen LogP contribution in [-0.2, 0) is 11.3 Å². The Bertz CT molecular complexity index is 954. The number of H-pyrrole nitrogens is 1. The summed E-state index contributed by atoms with van der Waals surface area (Å²) in [4.78, 5) is 31.0. The number of pyridine rings is 2. The number of carbonyl (C=O) groups is 1. The van der Waals surface area contributed by atoms with Gasteiger partial charge < -0.3 is 15.0 Å². The molecule has 0 unspecified atom stereocenters. The van der Waals surface area contributed by atoms with Crippen molar-refractivity contribution in [3.05, 3.63) is 69.2 Å². The number of rotatable bonds is 4. The Morgan fingerprint density at radius 2 is 2.04 bits per heavy atom. The molecule has 24 heavy (non-hydrogen) atoms. The molecule has 3 rings (SSSR count). The Morgan fingerprint density at radius 1 is 1.29 bits per heavy atom. The van der Waals surface area contributed by atoms with Crippen molar-refractivity contribution in [2.24, 2.45) is 0 Å². The lowest BCUT2D eigenvalue weighted by atomic mass is 10.1. The molecule has 0 amide bonds. The second kappa shape index (κ2) is 6.72. The van der Waals surface area contributed by atoms with Gasteiger partial charge in [0.05, 0.1) is 18.3 Å². The van der Waals surface area contributed by atoms with Crippen molar-refractivity contribution in [2.45, 2.75) is 6.54 Å². The van der Waals surface area contributed by atoms with Crippen molar-refractivity contribution in [2.75, 3.05) is 12.4 Å². The Labute approximate surface area is 142 Å². The van der Waals surface area contributed by atoms with E-state index in [1.807, 2.05) is 12.1 Å². The van der Waals surface area contributed by atoms with Gasteiger partial charge in [-0.2, -0.15) is 0 Å². The highest BCUT2D eigenvalue weighted by Gasteiger charge is 2.20. The fourth-order valence-electron chi connectivity index (χ4n) is 2.44. The Balaban J connectivity index is 2.15. The molecule has 0 fully saturated rings. The molecule has 2 N–H and O–H groups in total. The standard InChI is InChI=1S/C17H14ClN3O3/c1-24-17(23)14-15(20-9-10-4-6-19-7-5-10)12-8-11(18)2-3-13(12)21-16(14)22/h2-8H,9H2,1H3,(H2,20,21,22). The largest absolute Gasteiger partial charge is 0.465 e. The van der Waals surface area contributed by atoms with Crippen LogP contribution in [0.3, 0.4) is 0 Å². The first-order chi connectivity index (χ1) is 11.6. The van der Waals surface area contributed by atoms with Crippen LogP contribution in [0.15, 0.2) is 47.5 Å². The highest BCUT2D eigenvalue weighted by Crippen LogP contribution is 2.27. The Morgan fingerprint density at radius 3 is 2.75 bits per heavy atom. The number of methoxy groups -OCH3 is 1. The van der Waals surface area contributed by atoms with Crippen molar-refractivity contribution in [1.82, 2.24) is 9.97 Å². The Kier molecular flexibility index (Phi) is 4.48. The number of carbonyl (C=O) groups excluding carboxylic acids is 1. The topological polar surface area (TPSA) is 84.1 Å². The first-order valence-corrected chi connectivity index (χ1v) is 7.54. The molecule has 2 heterocycles. The average Bonchev–Trinajstić information content (AvgIpc) is 2.60. The van der Waals surface area contributed by atoms with Crippen LogP contribution in [0.5, 0.6) is 0 Å². The maximum absolute atomic E-state index is 12.3. The number of hydrogen-bond donors (Lipinski definition) is 2. The molecule has 1 aromatic carbocycles. The molecule has 0 spiro atoms. The molecule has 0 aliphatic rings. The van der Waals surface area contributed by atoms with Gasteiger partial charge in [0.15, 0.2) is 0 Å². The number of hydrogen-bond acceptors (Lipinski definition) is 5. The molecule has 0 bridgehead atoms. The van der Waals surface area contributed by atoms with Crippen LogP contribution in [0.2, 0.25) is 5.02 Å². The van der Waals surface area contributed by atoms with Gasteiger partial charge in [-0.15, -0.1) is 0 Å². The number of benzene rings is 1. The third kappa shape index (κ3) is 3.09. The van der Waals surface area contributed by atoms with Gasteiger partial charge in [-0.1, -0.05) is 11.6 Å². The summed E-state index contributed by atoms with van der Waals surface area (Å²) in [6.07, 6.45) is 3.34. The molecule has 2 aromatic heterocycles. The monoisotopic (exact) mass is 343 g/mol. The first kappa shape index (κ1) is 16.0. The lowest BCUT2D eigenvalue weighted by Gasteiger charge is -2.14. The summed E-state index contributed by atoms with van der Waals surface area (Å²) in [6.45, 7) is 0.414. The van der Waals surface area contributed by atoms with Crippen molar-refractivity contribution >= 4 is 34.2 Å². The summed E-state index contributed by atoms with van der Waals surface area (Å²) in [5.74, 6) is -0.713. The molecule has 0 aliphatic carbocycles. The minimum Gasteiger partial charge on any atom is -0.465 e. The second-order valence-corrected chi connectivity index (χ2v) is 5.53. The molecule has 7 heteroatoms. The van der Waals surface area contributed by atoms with E-state index in [1.54, 1.807) is 30.6 Å². The van der Waals surface area contributed by atoms with E-state index in [-0.39, 0.29) is 5.56 Å². The van der Waals surface area contributed by atoms with Crippen LogP contribution in [0, 0.1) is 0 Å². The molecule has 6 nitrogen and oxygen atoms in total. The summed E-state index contributed by atoms with van der Waals surface area (Å²) in [7, 11) is 1.23. The van der Waals surface area contributed by atoms with E-state index in [4.69, 9.17) is 16.3 Å². The fraction of sp³-hybridized carbons (Fsp3) is 0.118. The smallest absolute Gasteiger partial charge is 0.345 e. The molecular formula is C17H14ClN3O3. The number of nitrogens with one attached hydrogen (secondary N) is 2. The zero-order valence-corrected chi connectivity index (χ0v) is 13.6. The normalized spacial score (nSPS) is 10.6. The van der Waals surface area contributed by atoms with E-state index in [2.05, 4.69) is 15.3 Å². The van der Waals surface area contributed by atoms with Crippen LogP contribution in [0.25, 0.3) is 10.9 Å². The van der Waals surface area contributed by atoms with Gasteiger partial charge in [0.1, 0.15) is 5.56 Å². The number of ether oxygens (including phenoxy) is 1. The third-order valence-corrected chi connectivity index (χ3v) is 3.82. The van der Waals surface area contributed by atoms with Crippen LogP contribution >= 0.6 is 11.6 Å². The zero-order valence-electron chi connectivity index (χ0n) is 12.8. The third-order valence-electron chi connectivity index (χ3n) is 3.58. The second-order valence-electron chi connectivity index (χ2n) is 5.09. The van der Waals surface area contributed by atoms with Crippen LogP contribution in [-0.4, -0.2) is 23.0 Å². The summed E-state index contributed by atoms with van der Waals surface area (Å²) in [5.41, 5.74) is 1.32. The molecule has 0 saturated heterocycles. The van der Waals surface area contributed by atoms with Gasteiger partial charge >= 0.3 is 5.97 Å². The fourth-order valence-corrected chi connectivity index (χ4v) is 2.61. The molecule has 0 saturated carbocycles. The number of esters is 1. The SMILES string of the molecule is COC(=O)c1c(NCc2ccncc2)c2cc(Cl)ccc2[nH]c1=O. The maximum Gasteiger partial charge on any atom is 0.345 e. The molecule has 0 radical (unpaired) electrons. The van der Waals surface area contributed by atoms with Gasteiger partial charge in [0.2, 0.25) is 0 Å². The van der Waals surface area contributed by atoms with E-state index in [0.29, 0.717) is 28.2 Å². The van der Waals surface area contributed by atoms with Crippen LogP contribution < -0.4 is 10.9 Å². The first-order valence-electron chi connectivity index (χ1n) is 7.17. The van der Waals surface area contributed by atoms with Gasteiger partial charge in [-0.25, -0.2) is 4.79 Å². The zero-order chi connectivity index (χ0) is 17.1. The molecular weight excluding hydrogens is 330 g/mol. The number of aromatic amines is 1. The minimum absolute atomic E-state index is 0.0821. The Hall–Kier alpha value is -2.86. The summed E-state index contributed by atoms with van der Waals surface area (Å²) in [6, 6.07) is 8.73. The van der Waals surface area contributed by atoms with Gasteiger partial charge in [-0.05, 0) is 35.9 Å². The van der Waals surface area contributed by atoms with Gasteiger partial charge in [0, 0.05) is 29.3 Å². The van der Waals surface area contributed by atoms with E-state index < -0.39 is 11.5 Å². The minimum atomic E-state index is -0.713. The van der Waals surface area contributed by atoms with E-state index in [1.165, 1.54) is 7.11 Å². The van der Waals surface area contributed by atoms with Crippen LogP contribution in [0.1, 0.15) is 15.9 Å². The molecule has 3 aromatic rings.